The molecule has 0 fully saturated rings. The van der Waals surface area contributed by atoms with Gasteiger partial charge in [-0.3, -0.25) is 9.63 Å². The summed E-state index contributed by atoms with van der Waals surface area (Å²) in [7, 11) is 3.13. The Morgan fingerprint density at radius 2 is 2.13 bits per heavy atom. The van der Waals surface area contributed by atoms with Crippen LogP contribution in [-0.4, -0.2) is 49.2 Å². The van der Waals surface area contributed by atoms with E-state index in [0.717, 1.165) is 12.2 Å². The minimum Gasteiger partial charge on any atom is -0.304 e. The number of thioether (sulfide) groups is 1. The first-order chi connectivity index (χ1) is 7.02. The molecular formula is C10H22N2O2S. The van der Waals surface area contributed by atoms with Crippen molar-refractivity contribution in [1.82, 2.24) is 10.4 Å². The van der Waals surface area contributed by atoms with Crippen LogP contribution in [0.1, 0.15) is 20.3 Å². The number of nitrogens with one attached hydrogen (secondary N) is 1. The summed E-state index contributed by atoms with van der Waals surface area (Å²) in [6, 6.07) is 0.147. The second-order valence-corrected chi connectivity index (χ2v) is 4.66. The molecule has 0 bridgehead atoms. The van der Waals surface area contributed by atoms with Crippen LogP contribution in [0, 0.1) is 0 Å². The number of rotatable bonds is 7. The van der Waals surface area contributed by atoms with E-state index >= 15 is 0 Å². The van der Waals surface area contributed by atoms with Crippen LogP contribution in [0.15, 0.2) is 0 Å². The van der Waals surface area contributed by atoms with E-state index < -0.39 is 0 Å². The fourth-order valence-electron chi connectivity index (χ4n) is 1.23. The molecule has 0 aromatic rings. The number of hydrogen-bond acceptors (Lipinski definition) is 4. The summed E-state index contributed by atoms with van der Waals surface area (Å²) in [5.41, 5.74) is 0. The summed E-state index contributed by atoms with van der Waals surface area (Å²) in [4.78, 5) is 16.7. The number of carbonyl (C=O) groups is 1. The Labute approximate surface area is 96.7 Å². The van der Waals surface area contributed by atoms with Crippen LogP contribution in [0.4, 0.5) is 0 Å². The molecule has 0 spiro atoms. The number of likely N-dealkylation sites (N-methyl/N-ethyl adjacent to an activating group) is 1. The molecule has 0 rings (SSSR count). The lowest BCUT2D eigenvalue weighted by atomic mass is 10.2. The Hall–Kier alpha value is -0.260. The average Bonchev–Trinajstić information content (AvgIpc) is 2.21. The summed E-state index contributed by atoms with van der Waals surface area (Å²) in [6.45, 7) is 4.07. The normalized spacial score (nSPS) is 12.9. The van der Waals surface area contributed by atoms with Gasteiger partial charge in [0.1, 0.15) is 0 Å². The number of hydroxylamine groups is 2. The van der Waals surface area contributed by atoms with E-state index in [1.54, 1.807) is 18.8 Å². The molecule has 0 aliphatic carbocycles. The SMILES string of the molecule is CON(C)C(=O)[C@H](CCSC)NC(C)C. The number of carbonyl (C=O) groups excluding carboxylic acids is 1. The maximum absolute atomic E-state index is 11.8. The summed E-state index contributed by atoms with van der Waals surface area (Å²) in [5, 5.41) is 4.52. The van der Waals surface area contributed by atoms with Gasteiger partial charge in [0.15, 0.2) is 0 Å². The van der Waals surface area contributed by atoms with Crippen LogP contribution in [0.2, 0.25) is 0 Å². The molecule has 0 aliphatic heterocycles. The standard InChI is InChI=1S/C10H22N2O2S/c1-8(2)11-9(6-7-15-5)10(13)12(3)14-4/h8-9,11H,6-7H2,1-5H3/t9-/m0/s1. The molecule has 90 valence electrons. The summed E-state index contributed by atoms with van der Waals surface area (Å²) < 4.78 is 0. The van der Waals surface area contributed by atoms with Crippen molar-refractivity contribution < 1.29 is 9.63 Å². The van der Waals surface area contributed by atoms with E-state index in [9.17, 15) is 4.79 Å². The third-order valence-corrected chi connectivity index (χ3v) is 2.67. The number of hydrogen-bond donors (Lipinski definition) is 1. The monoisotopic (exact) mass is 234 g/mol. The van der Waals surface area contributed by atoms with Gasteiger partial charge in [-0.05, 0) is 18.4 Å². The topological polar surface area (TPSA) is 41.6 Å². The lowest BCUT2D eigenvalue weighted by Crippen LogP contribution is -2.47. The van der Waals surface area contributed by atoms with Crippen LogP contribution in [0.5, 0.6) is 0 Å². The van der Waals surface area contributed by atoms with Crippen LogP contribution < -0.4 is 5.32 Å². The highest BCUT2D eigenvalue weighted by molar-refractivity contribution is 7.98. The zero-order chi connectivity index (χ0) is 11.8. The van der Waals surface area contributed by atoms with Crippen LogP contribution in [0.25, 0.3) is 0 Å². The van der Waals surface area contributed by atoms with Crippen molar-refractivity contribution in [2.45, 2.75) is 32.4 Å². The molecule has 0 aliphatic rings. The summed E-state index contributed by atoms with van der Waals surface area (Å²) in [5.74, 6) is 0.952. The fourth-order valence-corrected chi connectivity index (χ4v) is 1.70. The first kappa shape index (κ1) is 14.7. The molecule has 1 N–H and O–H groups in total. The molecule has 0 aromatic heterocycles. The van der Waals surface area contributed by atoms with Crippen LogP contribution >= 0.6 is 11.8 Å². The zero-order valence-corrected chi connectivity index (χ0v) is 11.1. The maximum Gasteiger partial charge on any atom is 0.262 e. The second kappa shape index (κ2) is 7.96. The molecule has 0 aromatic carbocycles. The largest absolute Gasteiger partial charge is 0.304 e. The molecule has 0 radical (unpaired) electrons. The number of amides is 1. The van der Waals surface area contributed by atoms with Gasteiger partial charge in [0.25, 0.3) is 5.91 Å². The van der Waals surface area contributed by atoms with Crippen molar-refractivity contribution >= 4 is 17.7 Å². The molecule has 15 heavy (non-hydrogen) atoms. The highest BCUT2D eigenvalue weighted by Crippen LogP contribution is 2.04. The van der Waals surface area contributed by atoms with Crippen LogP contribution in [-0.2, 0) is 9.63 Å². The van der Waals surface area contributed by atoms with Gasteiger partial charge in [-0.15, -0.1) is 0 Å². The molecule has 1 amide bonds. The number of nitrogens with zero attached hydrogens (tertiary/aromatic N) is 1. The van der Waals surface area contributed by atoms with Gasteiger partial charge in [-0.2, -0.15) is 11.8 Å². The van der Waals surface area contributed by atoms with Gasteiger partial charge in [0.05, 0.1) is 13.2 Å². The molecule has 0 unspecified atom stereocenters. The van der Waals surface area contributed by atoms with E-state index in [4.69, 9.17) is 4.84 Å². The average molecular weight is 234 g/mol. The lowest BCUT2D eigenvalue weighted by molar-refractivity contribution is -0.171. The lowest BCUT2D eigenvalue weighted by Gasteiger charge is -2.24. The van der Waals surface area contributed by atoms with Crippen molar-refractivity contribution in [3.63, 3.8) is 0 Å². The second-order valence-electron chi connectivity index (χ2n) is 3.67. The highest BCUT2D eigenvalue weighted by atomic mass is 32.2. The van der Waals surface area contributed by atoms with Gasteiger partial charge in [-0.25, -0.2) is 5.06 Å². The zero-order valence-electron chi connectivity index (χ0n) is 10.2. The Morgan fingerprint density at radius 1 is 1.53 bits per heavy atom. The molecule has 0 heterocycles. The van der Waals surface area contributed by atoms with E-state index in [-0.39, 0.29) is 11.9 Å². The van der Waals surface area contributed by atoms with Crippen LogP contribution in [0.3, 0.4) is 0 Å². The van der Waals surface area contributed by atoms with Crippen molar-refractivity contribution in [2.24, 2.45) is 0 Å². The van der Waals surface area contributed by atoms with Gasteiger partial charge in [0, 0.05) is 13.1 Å². The Bertz CT molecular complexity index is 188. The van der Waals surface area contributed by atoms with E-state index in [2.05, 4.69) is 5.32 Å². The van der Waals surface area contributed by atoms with Crippen molar-refractivity contribution in [3.8, 4) is 0 Å². The first-order valence-electron chi connectivity index (χ1n) is 5.09. The van der Waals surface area contributed by atoms with E-state index in [0.29, 0.717) is 6.04 Å². The van der Waals surface area contributed by atoms with Gasteiger partial charge >= 0.3 is 0 Å². The minimum absolute atomic E-state index is 0.0137. The van der Waals surface area contributed by atoms with Crippen molar-refractivity contribution in [3.05, 3.63) is 0 Å². The highest BCUT2D eigenvalue weighted by Gasteiger charge is 2.22. The van der Waals surface area contributed by atoms with Gasteiger partial charge in [-0.1, -0.05) is 13.8 Å². The molecule has 5 heteroatoms. The summed E-state index contributed by atoms with van der Waals surface area (Å²) >= 11 is 1.74. The predicted octanol–water partition coefficient (Wildman–Crippen LogP) is 1.13. The molecule has 0 saturated carbocycles. The molecule has 0 saturated heterocycles. The van der Waals surface area contributed by atoms with Crippen molar-refractivity contribution in [1.29, 1.82) is 0 Å². The van der Waals surface area contributed by atoms with Gasteiger partial charge in [0.2, 0.25) is 0 Å². The Morgan fingerprint density at radius 3 is 2.53 bits per heavy atom. The Balaban J connectivity index is 4.26. The smallest absolute Gasteiger partial charge is 0.262 e. The fraction of sp³-hybridized carbons (Fsp3) is 0.900. The molecular weight excluding hydrogens is 212 g/mol. The first-order valence-corrected chi connectivity index (χ1v) is 6.49. The van der Waals surface area contributed by atoms with E-state index in [1.807, 2.05) is 20.1 Å². The molecule has 4 nitrogen and oxygen atoms in total. The predicted molar refractivity (Wildman–Crippen MR) is 64.8 cm³/mol. The van der Waals surface area contributed by atoms with Crippen molar-refractivity contribution in [2.75, 3.05) is 26.2 Å². The minimum atomic E-state index is -0.151. The summed E-state index contributed by atoms with van der Waals surface area (Å²) in [6.07, 6.45) is 2.86. The Kier molecular flexibility index (Phi) is 7.82. The molecule has 1 atom stereocenters. The third kappa shape index (κ3) is 6.02. The van der Waals surface area contributed by atoms with E-state index in [1.165, 1.54) is 12.2 Å². The third-order valence-electron chi connectivity index (χ3n) is 2.03. The maximum atomic E-state index is 11.8. The van der Waals surface area contributed by atoms with Gasteiger partial charge < -0.3 is 5.32 Å². The quantitative estimate of drug-likeness (QED) is 0.670.